The van der Waals surface area contributed by atoms with Gasteiger partial charge < -0.3 is 5.32 Å². The summed E-state index contributed by atoms with van der Waals surface area (Å²) in [5.74, 6) is -0.390. The van der Waals surface area contributed by atoms with E-state index in [0.717, 1.165) is 11.1 Å². The molecule has 0 aliphatic rings. The molecule has 112 valence electrons. The normalized spacial score (nSPS) is 13.2. The minimum Gasteiger partial charge on any atom is -0.309 e. The van der Waals surface area contributed by atoms with Crippen LogP contribution in [0.1, 0.15) is 43.5 Å². The van der Waals surface area contributed by atoms with Crippen molar-refractivity contribution in [3.63, 3.8) is 0 Å². The van der Waals surface area contributed by atoms with E-state index in [2.05, 4.69) is 50.4 Å². The molecule has 21 heavy (non-hydrogen) atoms. The van der Waals surface area contributed by atoms with Crippen LogP contribution in [0.15, 0.2) is 42.5 Å². The van der Waals surface area contributed by atoms with Gasteiger partial charge in [0.1, 0.15) is 5.82 Å². The first-order valence-electron chi connectivity index (χ1n) is 7.05. The van der Waals surface area contributed by atoms with Crippen LogP contribution in [-0.4, -0.2) is 7.05 Å². The zero-order chi connectivity index (χ0) is 15.6. The molecule has 1 N–H and O–H groups in total. The highest BCUT2D eigenvalue weighted by molar-refractivity contribution is 6.30. The van der Waals surface area contributed by atoms with E-state index in [4.69, 9.17) is 11.6 Å². The van der Waals surface area contributed by atoms with Crippen LogP contribution in [0, 0.1) is 5.82 Å². The lowest BCUT2D eigenvalue weighted by atomic mass is 9.86. The van der Waals surface area contributed by atoms with Gasteiger partial charge in [0.05, 0.1) is 11.1 Å². The van der Waals surface area contributed by atoms with E-state index in [1.807, 2.05) is 7.05 Å². The second kappa shape index (κ2) is 6.17. The van der Waals surface area contributed by atoms with Gasteiger partial charge in [-0.2, -0.15) is 0 Å². The Morgan fingerprint density at radius 1 is 1.00 bits per heavy atom. The summed E-state index contributed by atoms with van der Waals surface area (Å²) >= 11 is 5.88. The SMILES string of the molecule is CNC(c1ccc(C(C)(C)C)cc1)c1ccc(F)c(Cl)c1. The Bertz CT molecular complexity index is 614. The summed E-state index contributed by atoms with van der Waals surface area (Å²) in [6.45, 7) is 6.58. The minimum absolute atomic E-state index is 0.00267. The third kappa shape index (κ3) is 3.63. The number of hydrogen-bond acceptors (Lipinski definition) is 1. The minimum atomic E-state index is -0.390. The van der Waals surface area contributed by atoms with Crippen molar-refractivity contribution in [3.05, 3.63) is 70.0 Å². The molecule has 0 radical (unpaired) electrons. The van der Waals surface area contributed by atoms with Crippen molar-refractivity contribution < 1.29 is 4.39 Å². The van der Waals surface area contributed by atoms with E-state index >= 15 is 0 Å². The average Bonchev–Trinajstić information content (AvgIpc) is 2.43. The molecule has 1 atom stereocenters. The van der Waals surface area contributed by atoms with Crippen molar-refractivity contribution in [3.8, 4) is 0 Å². The van der Waals surface area contributed by atoms with Gasteiger partial charge in [0.2, 0.25) is 0 Å². The topological polar surface area (TPSA) is 12.0 Å². The maximum atomic E-state index is 13.3. The van der Waals surface area contributed by atoms with E-state index in [-0.39, 0.29) is 16.5 Å². The fraction of sp³-hybridized carbons (Fsp3) is 0.333. The van der Waals surface area contributed by atoms with Crippen LogP contribution in [-0.2, 0) is 5.41 Å². The first kappa shape index (κ1) is 16.0. The highest BCUT2D eigenvalue weighted by atomic mass is 35.5. The van der Waals surface area contributed by atoms with E-state index < -0.39 is 5.82 Å². The van der Waals surface area contributed by atoms with Crippen LogP contribution >= 0.6 is 11.6 Å². The van der Waals surface area contributed by atoms with Crippen LogP contribution in [0.3, 0.4) is 0 Å². The number of nitrogens with one attached hydrogen (secondary N) is 1. The molecule has 2 aromatic carbocycles. The third-order valence-electron chi connectivity index (χ3n) is 3.68. The van der Waals surface area contributed by atoms with Gasteiger partial charge in [-0.3, -0.25) is 0 Å². The fourth-order valence-electron chi connectivity index (χ4n) is 2.39. The fourth-order valence-corrected chi connectivity index (χ4v) is 2.58. The summed E-state index contributed by atoms with van der Waals surface area (Å²) in [7, 11) is 1.89. The molecule has 0 aromatic heterocycles. The molecular weight excluding hydrogens is 285 g/mol. The summed E-state index contributed by atoms with van der Waals surface area (Å²) in [6, 6.07) is 13.4. The smallest absolute Gasteiger partial charge is 0.141 e. The quantitative estimate of drug-likeness (QED) is 0.833. The van der Waals surface area contributed by atoms with Crippen molar-refractivity contribution >= 4 is 11.6 Å². The molecule has 1 unspecified atom stereocenters. The molecule has 0 spiro atoms. The van der Waals surface area contributed by atoms with Gasteiger partial charge in [-0.25, -0.2) is 4.39 Å². The molecule has 0 saturated heterocycles. The number of hydrogen-bond donors (Lipinski definition) is 1. The van der Waals surface area contributed by atoms with Crippen LogP contribution in [0.2, 0.25) is 5.02 Å². The predicted octanol–water partition coefficient (Wildman–Crippen LogP) is 5.09. The molecule has 2 aromatic rings. The lowest BCUT2D eigenvalue weighted by Crippen LogP contribution is -2.18. The maximum absolute atomic E-state index is 13.3. The Morgan fingerprint density at radius 3 is 2.05 bits per heavy atom. The monoisotopic (exact) mass is 305 g/mol. The second-order valence-electron chi connectivity index (χ2n) is 6.27. The van der Waals surface area contributed by atoms with Crippen LogP contribution in [0.25, 0.3) is 0 Å². The zero-order valence-corrected chi connectivity index (χ0v) is 13.6. The first-order chi connectivity index (χ1) is 9.82. The molecule has 0 fully saturated rings. The Morgan fingerprint density at radius 2 is 1.57 bits per heavy atom. The Labute approximate surface area is 131 Å². The maximum Gasteiger partial charge on any atom is 0.141 e. The van der Waals surface area contributed by atoms with Gasteiger partial charge in [0.15, 0.2) is 0 Å². The highest BCUT2D eigenvalue weighted by Gasteiger charge is 2.16. The number of rotatable bonds is 3. The Kier molecular flexibility index (Phi) is 4.70. The summed E-state index contributed by atoms with van der Waals surface area (Å²) in [6.07, 6.45) is 0. The van der Waals surface area contributed by atoms with Crippen LogP contribution in [0.5, 0.6) is 0 Å². The molecule has 1 nitrogen and oxygen atoms in total. The van der Waals surface area contributed by atoms with Crippen LogP contribution < -0.4 is 5.32 Å². The average molecular weight is 306 g/mol. The summed E-state index contributed by atoms with van der Waals surface area (Å²) in [5, 5.41) is 3.41. The van der Waals surface area contributed by atoms with Crippen molar-refractivity contribution in [2.24, 2.45) is 0 Å². The van der Waals surface area contributed by atoms with E-state index in [9.17, 15) is 4.39 Å². The van der Waals surface area contributed by atoms with Gasteiger partial charge in [-0.1, -0.05) is 62.7 Å². The van der Waals surface area contributed by atoms with Gasteiger partial charge >= 0.3 is 0 Å². The molecular formula is C18H21ClFN. The van der Waals surface area contributed by atoms with E-state index in [1.54, 1.807) is 12.1 Å². The summed E-state index contributed by atoms with van der Waals surface area (Å²) in [5.41, 5.74) is 3.51. The zero-order valence-electron chi connectivity index (χ0n) is 12.9. The summed E-state index contributed by atoms with van der Waals surface area (Å²) in [4.78, 5) is 0. The van der Waals surface area contributed by atoms with Gasteiger partial charge in [0.25, 0.3) is 0 Å². The molecule has 0 amide bonds. The third-order valence-corrected chi connectivity index (χ3v) is 3.97. The molecule has 0 heterocycles. The van der Waals surface area contributed by atoms with Crippen molar-refractivity contribution in [1.29, 1.82) is 0 Å². The Hall–Kier alpha value is -1.38. The molecule has 0 aliphatic heterocycles. The van der Waals surface area contributed by atoms with Crippen molar-refractivity contribution in [2.45, 2.75) is 32.2 Å². The highest BCUT2D eigenvalue weighted by Crippen LogP contribution is 2.28. The lowest BCUT2D eigenvalue weighted by molar-refractivity contribution is 0.589. The molecule has 0 saturated carbocycles. The molecule has 0 aliphatic carbocycles. The molecule has 2 rings (SSSR count). The number of halogens is 2. The predicted molar refractivity (Wildman–Crippen MR) is 87.5 cm³/mol. The lowest BCUT2D eigenvalue weighted by Gasteiger charge is -2.22. The van der Waals surface area contributed by atoms with Gasteiger partial charge in [-0.05, 0) is 41.3 Å². The molecule has 0 bridgehead atoms. The first-order valence-corrected chi connectivity index (χ1v) is 7.43. The van der Waals surface area contributed by atoms with Crippen molar-refractivity contribution in [1.82, 2.24) is 5.32 Å². The van der Waals surface area contributed by atoms with E-state index in [0.29, 0.717) is 0 Å². The standard InChI is InChI=1S/C18H21ClFN/c1-18(2,3)14-8-5-12(6-9-14)17(21-4)13-7-10-16(20)15(19)11-13/h5-11,17,21H,1-4H3. The van der Waals surface area contributed by atoms with Gasteiger partial charge in [0, 0.05) is 0 Å². The molecule has 3 heteroatoms. The second-order valence-corrected chi connectivity index (χ2v) is 6.67. The largest absolute Gasteiger partial charge is 0.309 e. The van der Waals surface area contributed by atoms with Crippen LogP contribution in [0.4, 0.5) is 4.39 Å². The van der Waals surface area contributed by atoms with E-state index in [1.165, 1.54) is 11.6 Å². The Balaban J connectivity index is 2.35. The number of benzene rings is 2. The summed E-state index contributed by atoms with van der Waals surface area (Å²) < 4.78 is 13.3. The van der Waals surface area contributed by atoms with Crippen molar-refractivity contribution in [2.75, 3.05) is 7.05 Å². The van der Waals surface area contributed by atoms with Gasteiger partial charge in [-0.15, -0.1) is 0 Å².